The van der Waals surface area contributed by atoms with Crippen molar-refractivity contribution in [2.75, 3.05) is 11.9 Å². The van der Waals surface area contributed by atoms with E-state index in [1.54, 1.807) is 20.8 Å². The molecule has 9 heteroatoms. The number of alkyl carbamates (subject to hydrolysis) is 1. The summed E-state index contributed by atoms with van der Waals surface area (Å²) in [6.07, 6.45) is -1.78. The molecule has 0 spiro atoms. The van der Waals surface area contributed by atoms with Crippen molar-refractivity contribution >= 4 is 29.6 Å². The van der Waals surface area contributed by atoms with Crippen molar-refractivity contribution in [2.24, 2.45) is 5.73 Å². The molecule has 0 fully saturated rings. The molecule has 0 heterocycles. The number of anilines is 1. The Morgan fingerprint density at radius 2 is 1.70 bits per heavy atom. The first-order chi connectivity index (χ1) is 12.5. The van der Waals surface area contributed by atoms with Gasteiger partial charge in [-0.3, -0.25) is 14.4 Å². The molecule has 0 aromatic heterocycles. The Bertz CT molecular complexity index is 694. The van der Waals surface area contributed by atoms with Gasteiger partial charge in [0.05, 0.1) is 6.42 Å². The minimum atomic E-state index is -1.03. The molecule has 1 atom stereocenters. The highest BCUT2D eigenvalue weighted by Gasteiger charge is 2.19. The SMILES string of the molecule is C[C@@H](OC(=O)CCNC(=O)OC(C)(C)C)C(=O)Nc1ccc(C(N)=O)cc1. The van der Waals surface area contributed by atoms with Crippen LogP contribution in [0.3, 0.4) is 0 Å². The molecule has 0 aliphatic carbocycles. The summed E-state index contributed by atoms with van der Waals surface area (Å²) in [4.78, 5) is 46.3. The molecule has 1 aromatic carbocycles. The van der Waals surface area contributed by atoms with Gasteiger partial charge in [-0.05, 0) is 52.0 Å². The molecule has 1 rings (SSSR count). The summed E-state index contributed by atoms with van der Waals surface area (Å²) >= 11 is 0. The van der Waals surface area contributed by atoms with Crippen LogP contribution >= 0.6 is 0 Å². The van der Waals surface area contributed by atoms with Crippen LogP contribution in [0.5, 0.6) is 0 Å². The second kappa shape index (κ2) is 9.56. The monoisotopic (exact) mass is 379 g/mol. The van der Waals surface area contributed by atoms with Crippen molar-refractivity contribution in [3.05, 3.63) is 29.8 Å². The number of nitrogens with two attached hydrogens (primary N) is 1. The van der Waals surface area contributed by atoms with Crippen LogP contribution in [0.1, 0.15) is 44.5 Å². The fourth-order valence-electron chi connectivity index (χ4n) is 1.85. The van der Waals surface area contributed by atoms with E-state index in [2.05, 4.69) is 10.6 Å². The molecule has 148 valence electrons. The van der Waals surface area contributed by atoms with Gasteiger partial charge in [-0.2, -0.15) is 0 Å². The van der Waals surface area contributed by atoms with Crippen molar-refractivity contribution in [1.29, 1.82) is 0 Å². The van der Waals surface area contributed by atoms with Crippen molar-refractivity contribution < 1.29 is 28.7 Å². The number of benzene rings is 1. The molecule has 0 unspecified atom stereocenters. The first-order valence-corrected chi connectivity index (χ1v) is 8.35. The second-order valence-corrected chi connectivity index (χ2v) is 6.74. The Morgan fingerprint density at radius 1 is 1.11 bits per heavy atom. The zero-order valence-corrected chi connectivity index (χ0v) is 15.8. The molecule has 0 aliphatic heterocycles. The summed E-state index contributed by atoms with van der Waals surface area (Å²) in [6, 6.07) is 5.96. The molecule has 0 radical (unpaired) electrons. The lowest BCUT2D eigenvalue weighted by Gasteiger charge is -2.19. The number of ether oxygens (including phenoxy) is 2. The van der Waals surface area contributed by atoms with Crippen molar-refractivity contribution in [1.82, 2.24) is 5.32 Å². The van der Waals surface area contributed by atoms with E-state index in [1.807, 2.05) is 0 Å². The van der Waals surface area contributed by atoms with E-state index in [9.17, 15) is 19.2 Å². The average Bonchev–Trinajstić information content (AvgIpc) is 2.53. The Hall–Kier alpha value is -3.10. The van der Waals surface area contributed by atoms with Crippen LogP contribution in [-0.4, -0.2) is 42.1 Å². The number of hydrogen-bond acceptors (Lipinski definition) is 6. The van der Waals surface area contributed by atoms with Gasteiger partial charge in [0.15, 0.2) is 6.10 Å². The molecular weight excluding hydrogens is 354 g/mol. The second-order valence-electron chi connectivity index (χ2n) is 6.74. The van der Waals surface area contributed by atoms with Crippen LogP contribution in [0.15, 0.2) is 24.3 Å². The smallest absolute Gasteiger partial charge is 0.407 e. The number of hydrogen-bond donors (Lipinski definition) is 3. The highest BCUT2D eigenvalue weighted by Crippen LogP contribution is 2.10. The topological polar surface area (TPSA) is 137 Å². The van der Waals surface area contributed by atoms with Gasteiger partial charge < -0.3 is 25.8 Å². The Kier molecular flexibility index (Phi) is 7.77. The molecule has 3 amide bonds. The van der Waals surface area contributed by atoms with Crippen molar-refractivity contribution in [3.63, 3.8) is 0 Å². The third kappa shape index (κ3) is 8.70. The molecule has 9 nitrogen and oxygen atoms in total. The predicted octanol–water partition coefficient (Wildman–Crippen LogP) is 1.57. The Labute approximate surface area is 157 Å². The molecule has 4 N–H and O–H groups in total. The van der Waals surface area contributed by atoms with Crippen molar-refractivity contribution in [2.45, 2.75) is 45.8 Å². The fourth-order valence-corrected chi connectivity index (χ4v) is 1.85. The van der Waals surface area contributed by atoms with Gasteiger partial charge in [-0.1, -0.05) is 0 Å². The lowest BCUT2D eigenvalue weighted by atomic mass is 10.2. The van der Waals surface area contributed by atoms with E-state index in [1.165, 1.54) is 31.2 Å². The summed E-state index contributed by atoms with van der Waals surface area (Å²) < 4.78 is 10.0. The summed E-state index contributed by atoms with van der Waals surface area (Å²) in [7, 11) is 0. The van der Waals surface area contributed by atoms with Gasteiger partial charge in [-0.25, -0.2) is 4.79 Å². The molecule has 0 saturated heterocycles. The number of carbonyl (C=O) groups is 4. The first kappa shape index (κ1) is 21.9. The standard InChI is InChI=1S/C18H25N3O6/c1-11(16(24)21-13-7-5-12(6-8-13)15(19)23)26-14(22)9-10-20-17(25)27-18(2,3)4/h5-8,11H,9-10H2,1-4H3,(H2,19,23)(H,20,25)(H,21,24)/t11-/m1/s1. The third-order valence-electron chi connectivity index (χ3n) is 3.11. The minimum Gasteiger partial charge on any atom is -0.452 e. The zero-order chi connectivity index (χ0) is 20.6. The van der Waals surface area contributed by atoms with E-state index < -0.39 is 35.6 Å². The molecule has 0 aliphatic rings. The van der Waals surface area contributed by atoms with Crippen LogP contribution in [-0.2, 0) is 19.1 Å². The average molecular weight is 379 g/mol. The maximum atomic E-state index is 12.0. The van der Waals surface area contributed by atoms with Gasteiger partial charge in [-0.15, -0.1) is 0 Å². The summed E-state index contributed by atoms with van der Waals surface area (Å²) in [5, 5.41) is 4.98. The van der Waals surface area contributed by atoms with E-state index >= 15 is 0 Å². The molecule has 27 heavy (non-hydrogen) atoms. The van der Waals surface area contributed by atoms with Crippen LogP contribution < -0.4 is 16.4 Å². The summed E-state index contributed by atoms with van der Waals surface area (Å²) in [5.74, 6) is -1.75. The number of amides is 3. The van der Waals surface area contributed by atoms with E-state index in [0.29, 0.717) is 11.3 Å². The third-order valence-corrected chi connectivity index (χ3v) is 3.11. The normalized spacial score (nSPS) is 11.9. The van der Waals surface area contributed by atoms with Crippen LogP contribution in [0, 0.1) is 0 Å². The lowest BCUT2D eigenvalue weighted by molar-refractivity contribution is -0.153. The Balaban J connectivity index is 2.38. The maximum Gasteiger partial charge on any atom is 0.407 e. The fraction of sp³-hybridized carbons (Fsp3) is 0.444. The van der Waals surface area contributed by atoms with Gasteiger partial charge >= 0.3 is 12.1 Å². The highest BCUT2D eigenvalue weighted by molar-refractivity contribution is 5.96. The van der Waals surface area contributed by atoms with E-state index in [4.69, 9.17) is 15.2 Å². The van der Waals surface area contributed by atoms with E-state index in [0.717, 1.165) is 0 Å². The molecule has 1 aromatic rings. The van der Waals surface area contributed by atoms with Crippen LogP contribution in [0.2, 0.25) is 0 Å². The van der Waals surface area contributed by atoms with Gasteiger partial charge in [0.25, 0.3) is 5.91 Å². The number of nitrogens with one attached hydrogen (secondary N) is 2. The van der Waals surface area contributed by atoms with Gasteiger partial charge in [0.2, 0.25) is 5.91 Å². The molecular formula is C18H25N3O6. The number of esters is 1. The first-order valence-electron chi connectivity index (χ1n) is 8.35. The van der Waals surface area contributed by atoms with Crippen molar-refractivity contribution in [3.8, 4) is 0 Å². The Morgan fingerprint density at radius 3 is 2.22 bits per heavy atom. The van der Waals surface area contributed by atoms with Gasteiger partial charge in [0.1, 0.15) is 5.60 Å². The minimum absolute atomic E-state index is 0.0245. The molecule has 0 saturated carbocycles. The maximum absolute atomic E-state index is 12.0. The largest absolute Gasteiger partial charge is 0.452 e. The molecule has 0 bridgehead atoms. The summed E-state index contributed by atoms with van der Waals surface area (Å²) in [6.45, 7) is 6.62. The van der Waals surface area contributed by atoms with E-state index in [-0.39, 0.29) is 13.0 Å². The van der Waals surface area contributed by atoms with Crippen LogP contribution in [0.25, 0.3) is 0 Å². The van der Waals surface area contributed by atoms with Gasteiger partial charge in [0, 0.05) is 17.8 Å². The number of rotatable bonds is 7. The zero-order valence-electron chi connectivity index (χ0n) is 15.8. The van der Waals surface area contributed by atoms with Crippen LogP contribution in [0.4, 0.5) is 10.5 Å². The number of primary amides is 1. The quantitative estimate of drug-likeness (QED) is 0.615. The summed E-state index contributed by atoms with van der Waals surface area (Å²) in [5.41, 5.74) is 5.25. The lowest BCUT2D eigenvalue weighted by Crippen LogP contribution is -2.35. The number of carbonyl (C=O) groups excluding carboxylic acids is 4. The predicted molar refractivity (Wildman–Crippen MR) is 98.0 cm³/mol. The highest BCUT2D eigenvalue weighted by atomic mass is 16.6.